The minimum atomic E-state index is -0.235. The smallest absolute Gasteiger partial charge is 0.409 e. The first-order valence-corrected chi connectivity index (χ1v) is 10.2. The molecule has 0 spiro atoms. The zero-order valence-electron chi connectivity index (χ0n) is 17.2. The monoisotopic (exact) mass is 394 g/mol. The number of hydrogen-bond donors (Lipinski definition) is 2. The maximum absolute atomic E-state index is 11.8. The van der Waals surface area contributed by atoms with Gasteiger partial charge in [-0.25, -0.2) is 9.79 Å². The van der Waals surface area contributed by atoms with Gasteiger partial charge >= 0.3 is 6.09 Å². The number of aryl methyl sites for hydroxylation is 1. The summed E-state index contributed by atoms with van der Waals surface area (Å²) in [6.45, 7) is 6.19. The van der Waals surface area contributed by atoms with Crippen LogP contribution >= 0.6 is 0 Å². The highest BCUT2D eigenvalue weighted by Gasteiger charge is 2.23. The largest absolute Gasteiger partial charge is 0.450 e. The molecule has 1 aliphatic rings. The van der Waals surface area contributed by atoms with Crippen LogP contribution < -0.4 is 11.1 Å². The summed E-state index contributed by atoms with van der Waals surface area (Å²) < 4.78 is 5.05. The van der Waals surface area contributed by atoms with Gasteiger partial charge in [0.05, 0.1) is 13.2 Å². The van der Waals surface area contributed by atoms with Crippen LogP contribution in [0.15, 0.2) is 53.5 Å². The van der Waals surface area contributed by atoms with E-state index in [0.29, 0.717) is 32.2 Å². The summed E-state index contributed by atoms with van der Waals surface area (Å²) in [5, 5.41) is 3.28. The van der Waals surface area contributed by atoms with E-state index in [1.165, 1.54) is 16.7 Å². The number of carbonyl (C=O) groups excluding carboxylic acids is 1. The Morgan fingerprint density at radius 3 is 2.55 bits per heavy atom. The molecule has 6 nitrogen and oxygen atoms in total. The fourth-order valence-corrected chi connectivity index (χ4v) is 3.53. The molecule has 0 bridgehead atoms. The third-order valence-corrected chi connectivity index (χ3v) is 5.08. The summed E-state index contributed by atoms with van der Waals surface area (Å²) in [7, 11) is 0. The van der Waals surface area contributed by atoms with Crippen molar-refractivity contribution in [2.24, 2.45) is 10.7 Å². The van der Waals surface area contributed by atoms with Crippen LogP contribution in [0.2, 0.25) is 0 Å². The highest BCUT2D eigenvalue weighted by atomic mass is 16.6. The molecule has 2 aromatic rings. The highest BCUT2D eigenvalue weighted by molar-refractivity contribution is 5.78. The number of likely N-dealkylation sites (tertiary alicyclic amines) is 1. The summed E-state index contributed by atoms with van der Waals surface area (Å²) in [6.07, 6.45) is 1.43. The Hall–Kier alpha value is -3.02. The molecule has 0 atom stereocenters. The van der Waals surface area contributed by atoms with E-state index >= 15 is 0 Å². The molecule has 3 N–H and O–H groups in total. The molecule has 0 aliphatic carbocycles. The third kappa shape index (κ3) is 5.98. The lowest BCUT2D eigenvalue weighted by molar-refractivity contribution is 0.0963. The first-order valence-electron chi connectivity index (χ1n) is 10.2. The van der Waals surface area contributed by atoms with Crippen molar-refractivity contribution < 1.29 is 9.53 Å². The summed E-state index contributed by atoms with van der Waals surface area (Å²) >= 11 is 0. The lowest BCUT2D eigenvalue weighted by atomic mass is 10.0. The van der Waals surface area contributed by atoms with Crippen molar-refractivity contribution in [3.63, 3.8) is 0 Å². The zero-order valence-corrected chi connectivity index (χ0v) is 17.2. The average molecular weight is 395 g/mol. The number of guanidine groups is 1. The molecule has 1 heterocycles. The lowest BCUT2D eigenvalue weighted by Crippen LogP contribution is -2.48. The molecule has 29 heavy (non-hydrogen) atoms. The van der Waals surface area contributed by atoms with Gasteiger partial charge in [0, 0.05) is 19.1 Å². The van der Waals surface area contributed by atoms with E-state index in [4.69, 9.17) is 10.5 Å². The molecule has 3 rings (SSSR count). The van der Waals surface area contributed by atoms with Gasteiger partial charge in [0.15, 0.2) is 5.96 Å². The van der Waals surface area contributed by atoms with Crippen LogP contribution in [0.25, 0.3) is 11.1 Å². The summed E-state index contributed by atoms with van der Waals surface area (Å²) in [6, 6.07) is 17.1. The van der Waals surface area contributed by atoms with Gasteiger partial charge in [-0.1, -0.05) is 48.0 Å². The SMILES string of the molecule is CCOC(=O)N1CCC(NC(N)=NCc2cccc(-c3cccc(C)c3)c2)CC1. The molecule has 0 saturated carbocycles. The van der Waals surface area contributed by atoms with Crippen molar-refractivity contribution in [2.45, 2.75) is 39.3 Å². The van der Waals surface area contributed by atoms with Crippen molar-refractivity contribution in [1.29, 1.82) is 0 Å². The predicted octanol–water partition coefficient (Wildman–Crippen LogP) is 3.69. The molecular formula is C23H30N4O2. The van der Waals surface area contributed by atoms with Gasteiger partial charge in [0.1, 0.15) is 0 Å². The van der Waals surface area contributed by atoms with E-state index in [-0.39, 0.29) is 12.1 Å². The van der Waals surface area contributed by atoms with Crippen LogP contribution in [0.3, 0.4) is 0 Å². The third-order valence-electron chi connectivity index (χ3n) is 5.08. The number of benzene rings is 2. The molecule has 1 amide bonds. The minimum Gasteiger partial charge on any atom is -0.450 e. The van der Waals surface area contributed by atoms with E-state index in [9.17, 15) is 4.79 Å². The van der Waals surface area contributed by atoms with E-state index in [0.717, 1.165) is 18.4 Å². The standard InChI is InChI=1S/C23H30N4O2/c1-3-29-23(28)27-12-10-21(11-13-27)26-22(24)25-16-18-7-5-9-20(15-18)19-8-4-6-17(2)14-19/h4-9,14-15,21H,3,10-13,16H2,1-2H3,(H3,24,25,26). The summed E-state index contributed by atoms with van der Waals surface area (Å²) in [4.78, 5) is 18.0. The Morgan fingerprint density at radius 1 is 1.17 bits per heavy atom. The minimum absolute atomic E-state index is 0.225. The Bertz CT molecular complexity index is 857. The van der Waals surface area contributed by atoms with E-state index in [1.54, 1.807) is 4.90 Å². The van der Waals surface area contributed by atoms with E-state index < -0.39 is 0 Å². The second kappa shape index (κ2) is 9.96. The van der Waals surface area contributed by atoms with Gasteiger partial charge in [-0.15, -0.1) is 0 Å². The van der Waals surface area contributed by atoms with Crippen LogP contribution in [0.5, 0.6) is 0 Å². The van der Waals surface area contributed by atoms with Gasteiger partial charge in [-0.05, 0) is 49.4 Å². The van der Waals surface area contributed by atoms with Crippen molar-refractivity contribution in [1.82, 2.24) is 10.2 Å². The van der Waals surface area contributed by atoms with Crippen molar-refractivity contribution in [2.75, 3.05) is 19.7 Å². The molecule has 6 heteroatoms. The van der Waals surface area contributed by atoms with Crippen molar-refractivity contribution in [3.8, 4) is 11.1 Å². The fraction of sp³-hybridized carbons (Fsp3) is 0.391. The van der Waals surface area contributed by atoms with Crippen LogP contribution in [0, 0.1) is 6.92 Å². The molecule has 0 radical (unpaired) electrons. The molecule has 2 aromatic carbocycles. The van der Waals surface area contributed by atoms with Gasteiger partial charge in [0.2, 0.25) is 0 Å². The van der Waals surface area contributed by atoms with Gasteiger partial charge in [-0.3, -0.25) is 0 Å². The quantitative estimate of drug-likeness (QED) is 0.599. The topological polar surface area (TPSA) is 80.0 Å². The molecule has 1 fully saturated rings. The van der Waals surface area contributed by atoms with Crippen molar-refractivity contribution >= 4 is 12.1 Å². The number of rotatable bonds is 5. The van der Waals surface area contributed by atoms with Gasteiger partial charge < -0.3 is 20.7 Å². The maximum Gasteiger partial charge on any atom is 0.409 e. The number of hydrogen-bond acceptors (Lipinski definition) is 3. The lowest BCUT2D eigenvalue weighted by Gasteiger charge is -2.31. The Kier molecular flexibility index (Phi) is 7.11. The fourth-order valence-electron chi connectivity index (χ4n) is 3.53. The van der Waals surface area contributed by atoms with Crippen LogP contribution in [-0.2, 0) is 11.3 Å². The molecular weight excluding hydrogens is 364 g/mol. The summed E-state index contributed by atoms with van der Waals surface area (Å²) in [5.41, 5.74) is 10.8. The van der Waals surface area contributed by atoms with Crippen LogP contribution in [-0.4, -0.2) is 42.7 Å². The van der Waals surface area contributed by atoms with E-state index in [1.807, 2.05) is 6.92 Å². The predicted molar refractivity (Wildman–Crippen MR) is 117 cm³/mol. The molecule has 1 aliphatic heterocycles. The van der Waals surface area contributed by atoms with Crippen LogP contribution in [0.4, 0.5) is 4.79 Å². The van der Waals surface area contributed by atoms with E-state index in [2.05, 4.69) is 65.8 Å². The second-order valence-electron chi connectivity index (χ2n) is 7.38. The number of carbonyl (C=O) groups is 1. The Labute approximate surface area is 172 Å². The number of amides is 1. The van der Waals surface area contributed by atoms with Crippen LogP contribution in [0.1, 0.15) is 30.9 Å². The number of piperidine rings is 1. The van der Waals surface area contributed by atoms with Gasteiger partial charge in [0.25, 0.3) is 0 Å². The molecule has 1 saturated heterocycles. The average Bonchev–Trinajstić information content (AvgIpc) is 2.73. The number of nitrogens with zero attached hydrogens (tertiary/aromatic N) is 2. The number of aliphatic imine (C=N–C) groups is 1. The second-order valence-corrected chi connectivity index (χ2v) is 7.38. The summed E-state index contributed by atoms with van der Waals surface area (Å²) in [5.74, 6) is 0.445. The molecule has 0 unspecified atom stereocenters. The zero-order chi connectivity index (χ0) is 20.6. The number of nitrogens with two attached hydrogens (primary N) is 1. The Balaban J connectivity index is 1.53. The first-order chi connectivity index (χ1) is 14.0. The maximum atomic E-state index is 11.8. The van der Waals surface area contributed by atoms with Crippen molar-refractivity contribution in [3.05, 3.63) is 59.7 Å². The number of ether oxygens (including phenoxy) is 1. The molecule has 0 aromatic heterocycles. The molecule has 154 valence electrons. The highest BCUT2D eigenvalue weighted by Crippen LogP contribution is 2.21. The normalized spacial score (nSPS) is 15.2. The first kappa shape index (κ1) is 20.7. The number of nitrogens with one attached hydrogen (secondary N) is 1. The van der Waals surface area contributed by atoms with Gasteiger partial charge in [-0.2, -0.15) is 0 Å². The Morgan fingerprint density at radius 2 is 1.86 bits per heavy atom.